The molecule has 3 aromatic heterocycles. The SMILES string of the molecule is CN(C(=O)COCCn1cnc2ccc(C(N)=O)nc21)C1CCN(c2ncc3ccccc3n2)CC1. The highest BCUT2D eigenvalue weighted by atomic mass is 16.5. The second-order valence-corrected chi connectivity index (χ2v) is 8.85. The first-order valence-corrected chi connectivity index (χ1v) is 11.9. The zero-order valence-corrected chi connectivity index (χ0v) is 20.1. The van der Waals surface area contributed by atoms with Crippen LogP contribution in [0.2, 0.25) is 0 Å². The molecule has 11 nitrogen and oxygen atoms in total. The van der Waals surface area contributed by atoms with Crippen molar-refractivity contribution < 1.29 is 14.3 Å². The van der Waals surface area contributed by atoms with Gasteiger partial charge in [-0.25, -0.2) is 19.9 Å². The van der Waals surface area contributed by atoms with Gasteiger partial charge in [-0.15, -0.1) is 0 Å². The Morgan fingerprint density at radius 1 is 1.08 bits per heavy atom. The summed E-state index contributed by atoms with van der Waals surface area (Å²) in [6.45, 7) is 2.33. The third kappa shape index (κ3) is 4.96. The third-order valence-electron chi connectivity index (χ3n) is 6.58. The summed E-state index contributed by atoms with van der Waals surface area (Å²) in [7, 11) is 1.83. The van der Waals surface area contributed by atoms with Gasteiger partial charge in [0.15, 0.2) is 5.65 Å². The fourth-order valence-corrected chi connectivity index (χ4v) is 4.44. The number of anilines is 1. The van der Waals surface area contributed by atoms with E-state index in [-0.39, 0.29) is 24.2 Å². The number of hydrogen-bond donors (Lipinski definition) is 1. The molecule has 0 spiro atoms. The minimum absolute atomic E-state index is 0.00288. The quantitative estimate of drug-likeness (QED) is 0.370. The minimum Gasteiger partial charge on any atom is -0.370 e. The average molecular weight is 489 g/mol. The molecule has 11 heteroatoms. The molecule has 1 aliphatic rings. The van der Waals surface area contributed by atoms with Crippen molar-refractivity contribution in [1.29, 1.82) is 0 Å². The lowest BCUT2D eigenvalue weighted by Crippen LogP contribution is -2.47. The molecule has 0 atom stereocenters. The Balaban J connectivity index is 1.09. The number of nitrogens with zero attached hydrogens (tertiary/aromatic N) is 7. The topological polar surface area (TPSA) is 132 Å². The number of nitrogens with two attached hydrogens (primary N) is 1. The van der Waals surface area contributed by atoms with E-state index in [1.807, 2.05) is 37.5 Å². The first-order chi connectivity index (χ1) is 17.5. The Hall–Kier alpha value is -4.12. The van der Waals surface area contributed by atoms with Crippen LogP contribution in [0.15, 0.2) is 48.9 Å². The highest BCUT2D eigenvalue weighted by Gasteiger charge is 2.26. The molecule has 0 aliphatic carbocycles. The molecular formula is C25H28N8O3. The van der Waals surface area contributed by atoms with Gasteiger partial charge in [0.25, 0.3) is 5.91 Å². The summed E-state index contributed by atoms with van der Waals surface area (Å²) < 4.78 is 7.43. The number of amides is 2. The van der Waals surface area contributed by atoms with Crippen molar-refractivity contribution in [3.05, 3.63) is 54.6 Å². The number of fused-ring (bicyclic) bond motifs is 2. The Labute approximate surface area is 207 Å². The molecule has 0 bridgehead atoms. The van der Waals surface area contributed by atoms with E-state index in [0.29, 0.717) is 24.3 Å². The first kappa shape index (κ1) is 23.6. The number of para-hydroxylation sites is 1. The number of benzene rings is 1. The predicted molar refractivity (Wildman–Crippen MR) is 134 cm³/mol. The van der Waals surface area contributed by atoms with Crippen molar-refractivity contribution in [2.75, 3.05) is 38.3 Å². The van der Waals surface area contributed by atoms with Gasteiger partial charge in [0.2, 0.25) is 11.9 Å². The Bertz CT molecular complexity index is 1400. The van der Waals surface area contributed by atoms with E-state index >= 15 is 0 Å². The molecular weight excluding hydrogens is 460 g/mol. The molecule has 1 fully saturated rings. The standard InChI is InChI=1S/C25H28N8O3/c1-31(18-8-10-32(11-9-18)25-27-14-17-4-2-3-5-19(17)30-25)22(34)15-36-13-12-33-16-28-21-7-6-20(23(26)35)29-24(21)33/h2-7,14,16,18H,8-13,15H2,1H3,(H2,26,35). The van der Waals surface area contributed by atoms with Crippen LogP contribution in [0.3, 0.4) is 0 Å². The van der Waals surface area contributed by atoms with Crippen LogP contribution in [-0.4, -0.2) is 80.6 Å². The molecule has 1 aromatic carbocycles. The molecule has 2 N–H and O–H groups in total. The summed E-state index contributed by atoms with van der Waals surface area (Å²) in [5, 5.41) is 1.02. The van der Waals surface area contributed by atoms with Gasteiger partial charge < -0.3 is 24.8 Å². The summed E-state index contributed by atoms with van der Waals surface area (Å²) in [5.41, 5.74) is 7.65. The number of piperidine rings is 1. The summed E-state index contributed by atoms with van der Waals surface area (Å²) in [5.74, 6) is 0.0825. The van der Waals surface area contributed by atoms with Gasteiger partial charge in [0.05, 0.1) is 18.5 Å². The molecule has 1 saturated heterocycles. The minimum atomic E-state index is -0.592. The van der Waals surface area contributed by atoms with Crippen molar-refractivity contribution in [1.82, 2.24) is 29.4 Å². The maximum atomic E-state index is 12.7. The van der Waals surface area contributed by atoms with E-state index in [9.17, 15) is 9.59 Å². The van der Waals surface area contributed by atoms with Crippen LogP contribution < -0.4 is 10.6 Å². The number of primary amides is 1. The van der Waals surface area contributed by atoms with Crippen LogP contribution in [-0.2, 0) is 16.1 Å². The van der Waals surface area contributed by atoms with E-state index in [0.717, 1.165) is 42.8 Å². The van der Waals surface area contributed by atoms with Crippen LogP contribution in [0.4, 0.5) is 5.95 Å². The zero-order chi connectivity index (χ0) is 25.1. The van der Waals surface area contributed by atoms with Crippen molar-refractivity contribution >= 4 is 39.8 Å². The summed E-state index contributed by atoms with van der Waals surface area (Å²) in [6.07, 6.45) is 5.17. The normalized spacial score (nSPS) is 14.4. The van der Waals surface area contributed by atoms with Gasteiger partial charge in [0, 0.05) is 44.3 Å². The number of rotatable bonds is 8. The number of carbonyl (C=O) groups excluding carboxylic acids is 2. The predicted octanol–water partition coefficient (Wildman–Crippen LogP) is 1.62. The number of carbonyl (C=O) groups is 2. The van der Waals surface area contributed by atoms with Crippen LogP contribution in [0.25, 0.3) is 22.1 Å². The van der Waals surface area contributed by atoms with Crippen molar-refractivity contribution in [3.63, 3.8) is 0 Å². The summed E-state index contributed by atoms with van der Waals surface area (Å²) in [4.78, 5) is 45.8. The second-order valence-electron chi connectivity index (χ2n) is 8.85. The molecule has 2 amide bonds. The monoisotopic (exact) mass is 488 g/mol. The first-order valence-electron chi connectivity index (χ1n) is 11.9. The van der Waals surface area contributed by atoms with Crippen LogP contribution in [0.5, 0.6) is 0 Å². The van der Waals surface area contributed by atoms with E-state index in [2.05, 4.69) is 24.8 Å². The average Bonchev–Trinajstić information content (AvgIpc) is 3.32. The number of likely N-dealkylation sites (N-methyl/N-ethyl adjacent to an activating group) is 1. The van der Waals surface area contributed by atoms with Crippen molar-refractivity contribution in [3.8, 4) is 0 Å². The van der Waals surface area contributed by atoms with E-state index in [4.69, 9.17) is 10.5 Å². The number of pyridine rings is 1. The van der Waals surface area contributed by atoms with Gasteiger partial charge in [-0.1, -0.05) is 18.2 Å². The highest BCUT2D eigenvalue weighted by Crippen LogP contribution is 2.21. The Morgan fingerprint density at radius 2 is 1.89 bits per heavy atom. The van der Waals surface area contributed by atoms with Crippen LogP contribution in [0, 0.1) is 0 Å². The maximum absolute atomic E-state index is 12.7. The molecule has 1 aliphatic heterocycles. The second kappa shape index (κ2) is 10.2. The molecule has 0 radical (unpaired) electrons. The molecule has 4 heterocycles. The smallest absolute Gasteiger partial charge is 0.267 e. The third-order valence-corrected chi connectivity index (χ3v) is 6.58. The number of ether oxygens (including phenoxy) is 1. The van der Waals surface area contributed by atoms with E-state index < -0.39 is 5.91 Å². The molecule has 36 heavy (non-hydrogen) atoms. The molecule has 0 saturated carbocycles. The molecule has 186 valence electrons. The molecule has 5 rings (SSSR count). The van der Waals surface area contributed by atoms with Crippen LogP contribution in [0.1, 0.15) is 23.3 Å². The van der Waals surface area contributed by atoms with Gasteiger partial charge in [-0.05, 0) is 31.0 Å². The van der Waals surface area contributed by atoms with Crippen molar-refractivity contribution in [2.45, 2.75) is 25.4 Å². The number of hydrogen-bond acceptors (Lipinski definition) is 8. The van der Waals surface area contributed by atoms with Gasteiger partial charge >= 0.3 is 0 Å². The summed E-state index contributed by atoms with van der Waals surface area (Å²) >= 11 is 0. The Kier molecular flexibility index (Phi) is 6.72. The molecule has 0 unspecified atom stereocenters. The lowest BCUT2D eigenvalue weighted by molar-refractivity contribution is -0.137. The largest absolute Gasteiger partial charge is 0.370 e. The summed E-state index contributed by atoms with van der Waals surface area (Å²) in [6, 6.07) is 11.3. The fourth-order valence-electron chi connectivity index (χ4n) is 4.44. The van der Waals surface area contributed by atoms with E-state index in [1.54, 1.807) is 27.9 Å². The van der Waals surface area contributed by atoms with Crippen molar-refractivity contribution in [2.24, 2.45) is 5.73 Å². The van der Waals surface area contributed by atoms with E-state index in [1.165, 1.54) is 0 Å². The van der Waals surface area contributed by atoms with Gasteiger partial charge in [0.1, 0.15) is 17.8 Å². The van der Waals surface area contributed by atoms with Gasteiger partial charge in [-0.3, -0.25) is 9.59 Å². The Morgan fingerprint density at radius 3 is 2.69 bits per heavy atom. The lowest BCUT2D eigenvalue weighted by Gasteiger charge is -2.36. The number of imidazole rings is 1. The maximum Gasteiger partial charge on any atom is 0.267 e. The fraction of sp³-hybridized carbons (Fsp3) is 0.360. The van der Waals surface area contributed by atoms with Crippen LogP contribution >= 0.6 is 0 Å². The molecule has 4 aromatic rings. The number of aromatic nitrogens is 5. The van der Waals surface area contributed by atoms with Gasteiger partial charge in [-0.2, -0.15) is 0 Å². The zero-order valence-electron chi connectivity index (χ0n) is 20.1. The lowest BCUT2D eigenvalue weighted by atomic mass is 10.0. The highest BCUT2D eigenvalue weighted by molar-refractivity contribution is 5.92.